The van der Waals surface area contributed by atoms with Crippen LogP contribution in [0.3, 0.4) is 0 Å². The number of esters is 1. The first kappa shape index (κ1) is 13.7. The van der Waals surface area contributed by atoms with Crippen molar-refractivity contribution in [2.75, 3.05) is 6.61 Å². The predicted octanol–water partition coefficient (Wildman–Crippen LogP) is 3.41. The van der Waals surface area contributed by atoms with Crippen molar-refractivity contribution in [3.8, 4) is 0 Å². The largest absolute Gasteiger partial charge is 0.466 e. The second kappa shape index (κ2) is 9.25. The topological polar surface area (TPSA) is 26.3 Å². The summed E-state index contributed by atoms with van der Waals surface area (Å²) >= 11 is 0. The minimum absolute atomic E-state index is 0.238. The summed E-state index contributed by atoms with van der Waals surface area (Å²) in [5.41, 5.74) is 0.987. The van der Waals surface area contributed by atoms with Crippen LogP contribution in [0.25, 0.3) is 0 Å². The lowest BCUT2D eigenvalue weighted by molar-refractivity contribution is -0.140. The van der Waals surface area contributed by atoms with Crippen LogP contribution in [-0.2, 0) is 9.53 Å². The van der Waals surface area contributed by atoms with Crippen molar-refractivity contribution in [1.29, 1.82) is 0 Å². The highest BCUT2D eigenvalue weighted by atomic mass is 16.5. The lowest BCUT2D eigenvalue weighted by atomic mass is 10.2. The molecule has 0 aromatic heterocycles. The Balaban J connectivity index is 3.55. The third kappa shape index (κ3) is 10.6. The van der Waals surface area contributed by atoms with E-state index in [1.165, 1.54) is 6.92 Å². The molecule has 0 bridgehead atoms. The molecule has 15 heavy (non-hydrogen) atoms. The van der Waals surface area contributed by atoms with Crippen LogP contribution in [0.5, 0.6) is 0 Å². The number of hydrogen-bond acceptors (Lipinski definition) is 2. The van der Waals surface area contributed by atoms with E-state index in [1.807, 2.05) is 6.08 Å². The third-order valence-corrected chi connectivity index (χ3v) is 1.76. The van der Waals surface area contributed by atoms with Crippen molar-refractivity contribution < 1.29 is 9.53 Å². The molecule has 0 radical (unpaired) electrons. The molecule has 0 aromatic rings. The van der Waals surface area contributed by atoms with Crippen LogP contribution < -0.4 is 0 Å². The molecule has 0 amide bonds. The third-order valence-electron chi connectivity index (χ3n) is 1.76. The van der Waals surface area contributed by atoms with Gasteiger partial charge in [-0.3, -0.25) is 4.79 Å². The number of hydrogen-bond donors (Lipinski definition) is 0. The summed E-state index contributed by atoms with van der Waals surface area (Å²) in [5.74, 6) is -0.238. The monoisotopic (exact) mass is 208 g/mol. The molecule has 0 aliphatic heterocycles. The number of allylic oxidation sites excluding steroid dienone is 4. The number of carbonyl (C=O) groups excluding carboxylic acids is 1. The summed E-state index contributed by atoms with van der Waals surface area (Å²) in [6.45, 7) is 7.81. The molecule has 0 heterocycles. The molecular formula is C13H20O2. The first-order chi connectivity index (χ1) is 7.16. The fraction of sp³-hybridized carbons (Fsp3) is 0.462. The van der Waals surface area contributed by atoms with Gasteiger partial charge in [0.05, 0.1) is 6.61 Å². The zero-order valence-corrected chi connectivity index (χ0v) is 9.66. The first-order valence-corrected chi connectivity index (χ1v) is 5.29. The minimum Gasteiger partial charge on any atom is -0.466 e. The van der Waals surface area contributed by atoms with Gasteiger partial charge in [0.25, 0.3) is 0 Å². The summed E-state index contributed by atoms with van der Waals surface area (Å²) in [7, 11) is 0. The van der Waals surface area contributed by atoms with Crippen molar-refractivity contribution in [2.24, 2.45) is 0 Å². The maximum atomic E-state index is 10.5. The van der Waals surface area contributed by atoms with Gasteiger partial charge in [-0.05, 0) is 12.8 Å². The van der Waals surface area contributed by atoms with Gasteiger partial charge in [0, 0.05) is 13.3 Å². The Morgan fingerprint density at radius 3 is 2.67 bits per heavy atom. The van der Waals surface area contributed by atoms with Crippen molar-refractivity contribution in [1.82, 2.24) is 0 Å². The highest BCUT2D eigenvalue weighted by Crippen LogP contribution is 2.01. The zero-order valence-electron chi connectivity index (χ0n) is 9.66. The number of rotatable bonds is 7. The maximum absolute atomic E-state index is 10.5. The summed E-state index contributed by atoms with van der Waals surface area (Å²) in [4.78, 5) is 10.5. The van der Waals surface area contributed by atoms with Crippen LogP contribution >= 0.6 is 0 Å². The molecule has 0 rings (SSSR count). The molecule has 0 spiro atoms. The van der Waals surface area contributed by atoms with E-state index in [1.54, 1.807) is 0 Å². The van der Waals surface area contributed by atoms with Gasteiger partial charge in [0.1, 0.15) is 0 Å². The quantitative estimate of drug-likeness (QED) is 0.364. The van der Waals surface area contributed by atoms with E-state index in [0.29, 0.717) is 13.0 Å². The Kier molecular flexibility index (Phi) is 8.44. The van der Waals surface area contributed by atoms with Crippen molar-refractivity contribution in [2.45, 2.75) is 33.1 Å². The van der Waals surface area contributed by atoms with Crippen LogP contribution in [-0.4, -0.2) is 12.6 Å². The summed E-state index contributed by atoms with van der Waals surface area (Å²) < 4.78 is 4.81. The molecule has 0 saturated carbocycles. The Morgan fingerprint density at radius 1 is 1.33 bits per heavy atom. The summed E-state index contributed by atoms with van der Waals surface area (Å²) in [5, 5.41) is 0. The van der Waals surface area contributed by atoms with Crippen molar-refractivity contribution >= 4 is 5.97 Å². The molecule has 0 unspecified atom stereocenters. The second-order valence-electron chi connectivity index (χ2n) is 3.27. The van der Waals surface area contributed by atoms with Crippen LogP contribution in [0.1, 0.15) is 33.1 Å². The summed E-state index contributed by atoms with van der Waals surface area (Å²) in [6, 6.07) is 0. The van der Waals surface area contributed by atoms with Gasteiger partial charge in [-0.15, -0.1) is 0 Å². The van der Waals surface area contributed by atoms with Gasteiger partial charge in [-0.25, -0.2) is 0 Å². The molecular weight excluding hydrogens is 188 g/mol. The fourth-order valence-corrected chi connectivity index (χ4v) is 0.985. The van der Waals surface area contributed by atoms with Gasteiger partial charge in [-0.2, -0.15) is 0 Å². The molecule has 2 nitrogen and oxygen atoms in total. The standard InChI is InChI=1S/C13H20O2/c1-4-5-6-7-8-9-12(2)10-11-15-13(3)14/h5-6,8-9H,2,4,7,10-11H2,1,3H3/b6-5-,9-8-. The lowest BCUT2D eigenvalue weighted by Gasteiger charge is -2.00. The molecule has 2 heteroatoms. The highest BCUT2D eigenvalue weighted by molar-refractivity contribution is 5.65. The van der Waals surface area contributed by atoms with E-state index in [-0.39, 0.29) is 5.97 Å². The number of ether oxygens (including phenoxy) is 1. The Hall–Kier alpha value is -1.31. The van der Waals surface area contributed by atoms with Crippen LogP contribution in [0.15, 0.2) is 36.5 Å². The molecule has 0 aliphatic rings. The molecule has 84 valence electrons. The van der Waals surface area contributed by atoms with Gasteiger partial charge in [0.15, 0.2) is 0 Å². The average molecular weight is 208 g/mol. The Morgan fingerprint density at radius 2 is 2.07 bits per heavy atom. The zero-order chi connectivity index (χ0) is 11.5. The van der Waals surface area contributed by atoms with E-state index >= 15 is 0 Å². The maximum Gasteiger partial charge on any atom is 0.302 e. The molecule has 0 N–H and O–H groups in total. The van der Waals surface area contributed by atoms with E-state index < -0.39 is 0 Å². The highest BCUT2D eigenvalue weighted by Gasteiger charge is 1.93. The first-order valence-electron chi connectivity index (χ1n) is 5.29. The predicted molar refractivity (Wildman–Crippen MR) is 63.6 cm³/mol. The Bertz CT molecular complexity index is 249. The van der Waals surface area contributed by atoms with Crippen molar-refractivity contribution in [3.05, 3.63) is 36.5 Å². The lowest BCUT2D eigenvalue weighted by Crippen LogP contribution is -2.00. The molecule has 0 atom stereocenters. The van der Waals surface area contributed by atoms with Crippen molar-refractivity contribution in [3.63, 3.8) is 0 Å². The normalized spacial score (nSPS) is 11.1. The molecule has 0 aliphatic carbocycles. The Labute approximate surface area is 92.3 Å². The fourth-order valence-electron chi connectivity index (χ4n) is 0.985. The van der Waals surface area contributed by atoms with E-state index in [0.717, 1.165) is 18.4 Å². The summed E-state index contributed by atoms with van der Waals surface area (Å²) in [6.07, 6.45) is 11.0. The smallest absolute Gasteiger partial charge is 0.302 e. The van der Waals surface area contributed by atoms with E-state index in [4.69, 9.17) is 4.74 Å². The van der Waals surface area contributed by atoms with Crippen LogP contribution in [0.2, 0.25) is 0 Å². The SMILES string of the molecule is C=C(/C=C\C/C=C\CC)CCOC(C)=O. The molecule has 0 aromatic carbocycles. The second-order valence-corrected chi connectivity index (χ2v) is 3.27. The van der Waals surface area contributed by atoms with E-state index in [2.05, 4.69) is 31.7 Å². The minimum atomic E-state index is -0.238. The number of carbonyl (C=O) groups is 1. The van der Waals surface area contributed by atoms with Crippen LogP contribution in [0.4, 0.5) is 0 Å². The van der Waals surface area contributed by atoms with E-state index in [9.17, 15) is 4.79 Å². The van der Waals surface area contributed by atoms with Gasteiger partial charge in [-0.1, -0.05) is 43.4 Å². The van der Waals surface area contributed by atoms with Gasteiger partial charge >= 0.3 is 5.97 Å². The average Bonchev–Trinajstić information content (AvgIpc) is 2.17. The van der Waals surface area contributed by atoms with Gasteiger partial charge < -0.3 is 4.74 Å². The molecule has 0 saturated heterocycles. The van der Waals surface area contributed by atoms with Crippen LogP contribution in [0, 0.1) is 0 Å². The van der Waals surface area contributed by atoms with Gasteiger partial charge in [0.2, 0.25) is 0 Å². The molecule has 0 fully saturated rings.